The van der Waals surface area contributed by atoms with Gasteiger partial charge in [-0.05, 0) is 24.3 Å². The lowest BCUT2D eigenvalue weighted by Gasteiger charge is -2.15. The molecule has 20 heavy (non-hydrogen) atoms. The fourth-order valence-corrected chi connectivity index (χ4v) is 4.47. The van der Waals surface area contributed by atoms with E-state index in [0.717, 1.165) is 16.1 Å². The number of hydrogen-bond donors (Lipinski definition) is 1. The molecule has 2 aromatic carbocycles. The van der Waals surface area contributed by atoms with Crippen LogP contribution >= 0.6 is 11.3 Å². The Morgan fingerprint density at radius 3 is 2.50 bits per heavy atom. The first-order chi connectivity index (χ1) is 9.45. The lowest BCUT2D eigenvalue weighted by atomic mass is 10.2. The third kappa shape index (κ3) is 2.37. The molecule has 3 aromatic rings. The zero-order valence-corrected chi connectivity index (χ0v) is 13.7. The molecule has 0 amide bonds. The molecule has 0 spiro atoms. The highest BCUT2D eigenvalue weighted by molar-refractivity contribution is 7.21. The van der Waals surface area contributed by atoms with Gasteiger partial charge in [0.25, 0.3) is 0 Å². The summed E-state index contributed by atoms with van der Waals surface area (Å²) in [5.41, 5.74) is 1.82. The van der Waals surface area contributed by atoms with Gasteiger partial charge in [0.1, 0.15) is 10.8 Å². The van der Waals surface area contributed by atoms with Crippen molar-refractivity contribution in [3.63, 3.8) is 0 Å². The minimum Gasteiger partial charge on any atom is -0.507 e. The maximum absolute atomic E-state index is 9.95. The van der Waals surface area contributed by atoms with Crippen LogP contribution in [0.5, 0.6) is 5.75 Å². The van der Waals surface area contributed by atoms with Crippen molar-refractivity contribution >= 4 is 34.8 Å². The molecule has 1 heterocycles. The quantitative estimate of drug-likeness (QED) is 0.719. The molecule has 3 rings (SSSR count). The third-order valence-corrected chi connectivity index (χ3v) is 6.48. The van der Waals surface area contributed by atoms with Gasteiger partial charge in [-0.25, -0.2) is 4.98 Å². The molecular formula is C16H17NOSSi. The van der Waals surface area contributed by atoms with Crippen LogP contribution < -0.4 is 5.19 Å². The van der Waals surface area contributed by atoms with E-state index in [0.29, 0.717) is 0 Å². The number of aromatic nitrogens is 1. The molecule has 0 atom stereocenters. The second-order valence-electron chi connectivity index (χ2n) is 5.97. The van der Waals surface area contributed by atoms with Crippen LogP contribution in [0.15, 0.2) is 42.5 Å². The molecule has 102 valence electrons. The molecule has 0 unspecified atom stereocenters. The normalized spacial score (nSPS) is 11.9. The van der Waals surface area contributed by atoms with E-state index in [1.807, 2.05) is 18.2 Å². The van der Waals surface area contributed by atoms with Gasteiger partial charge >= 0.3 is 0 Å². The molecule has 0 aliphatic carbocycles. The third-order valence-electron chi connectivity index (χ3n) is 3.39. The average molecular weight is 299 g/mol. The summed E-state index contributed by atoms with van der Waals surface area (Å²) in [5.74, 6) is 0.289. The number of nitrogens with zero attached hydrogens (tertiary/aromatic N) is 1. The van der Waals surface area contributed by atoms with Crippen LogP contribution in [-0.2, 0) is 0 Å². The van der Waals surface area contributed by atoms with Gasteiger partial charge in [0, 0.05) is 0 Å². The van der Waals surface area contributed by atoms with Gasteiger partial charge in [-0.15, -0.1) is 11.3 Å². The zero-order valence-electron chi connectivity index (χ0n) is 11.8. The summed E-state index contributed by atoms with van der Waals surface area (Å²) in [4.78, 5) is 4.64. The van der Waals surface area contributed by atoms with E-state index >= 15 is 0 Å². The van der Waals surface area contributed by atoms with Gasteiger partial charge < -0.3 is 5.11 Å². The molecule has 4 heteroatoms. The summed E-state index contributed by atoms with van der Waals surface area (Å²) < 4.78 is 1.20. The Morgan fingerprint density at radius 1 is 1.05 bits per heavy atom. The number of hydrogen-bond acceptors (Lipinski definition) is 3. The van der Waals surface area contributed by atoms with Crippen LogP contribution in [0.25, 0.3) is 20.8 Å². The summed E-state index contributed by atoms with van der Waals surface area (Å²) in [6.45, 7) is 7.04. The summed E-state index contributed by atoms with van der Waals surface area (Å²) in [6.07, 6.45) is 0. The first kappa shape index (κ1) is 13.3. The Hall–Kier alpha value is -1.65. The Bertz CT molecular complexity index is 773. The van der Waals surface area contributed by atoms with Crippen molar-refractivity contribution in [3.05, 3.63) is 42.5 Å². The van der Waals surface area contributed by atoms with E-state index in [9.17, 15) is 5.11 Å². The van der Waals surface area contributed by atoms with Gasteiger partial charge in [0.05, 0.1) is 23.9 Å². The van der Waals surface area contributed by atoms with E-state index in [4.69, 9.17) is 0 Å². The topological polar surface area (TPSA) is 33.1 Å². The summed E-state index contributed by atoms with van der Waals surface area (Å²) in [6, 6.07) is 13.9. The molecule has 0 bridgehead atoms. The molecule has 0 saturated carbocycles. The largest absolute Gasteiger partial charge is 0.507 e. The number of aromatic hydroxyl groups is 1. The fourth-order valence-electron chi connectivity index (χ4n) is 2.16. The molecular weight excluding hydrogens is 282 g/mol. The molecule has 1 aromatic heterocycles. The van der Waals surface area contributed by atoms with Gasteiger partial charge in [-0.3, -0.25) is 0 Å². The molecule has 0 fully saturated rings. The Kier molecular flexibility index (Phi) is 3.15. The maximum atomic E-state index is 9.95. The van der Waals surface area contributed by atoms with Gasteiger partial charge in [0.15, 0.2) is 0 Å². The molecule has 0 aliphatic rings. The van der Waals surface area contributed by atoms with Crippen molar-refractivity contribution < 1.29 is 5.11 Å². The lowest BCUT2D eigenvalue weighted by molar-refractivity contribution is 0.477. The highest BCUT2D eigenvalue weighted by atomic mass is 32.1. The minimum absolute atomic E-state index is 0.289. The van der Waals surface area contributed by atoms with E-state index in [2.05, 4.69) is 42.8 Å². The number of thiazole rings is 1. The average Bonchev–Trinajstić information content (AvgIpc) is 2.80. The van der Waals surface area contributed by atoms with Gasteiger partial charge in [0.2, 0.25) is 0 Å². The molecule has 2 nitrogen and oxygen atoms in total. The molecule has 1 N–H and O–H groups in total. The number of rotatable bonds is 2. The van der Waals surface area contributed by atoms with Crippen molar-refractivity contribution in [2.24, 2.45) is 0 Å². The van der Waals surface area contributed by atoms with Crippen LogP contribution in [0.1, 0.15) is 0 Å². The number of phenols is 1. The van der Waals surface area contributed by atoms with Crippen molar-refractivity contribution in [1.82, 2.24) is 4.98 Å². The highest BCUT2D eigenvalue weighted by Gasteiger charge is 2.18. The van der Waals surface area contributed by atoms with Crippen LogP contribution in [0, 0.1) is 0 Å². The molecule has 0 saturated heterocycles. The monoisotopic (exact) mass is 299 g/mol. The van der Waals surface area contributed by atoms with Gasteiger partial charge in [-0.2, -0.15) is 0 Å². The smallest absolute Gasteiger partial charge is 0.128 e. The predicted octanol–water partition coefficient (Wildman–Crippen LogP) is 4.21. The first-order valence-electron chi connectivity index (χ1n) is 6.64. The van der Waals surface area contributed by atoms with Gasteiger partial charge in [-0.1, -0.05) is 43.0 Å². The minimum atomic E-state index is -1.30. The molecule has 0 aliphatic heterocycles. The van der Waals surface area contributed by atoms with Crippen molar-refractivity contribution in [2.75, 3.05) is 0 Å². The second-order valence-corrected chi connectivity index (χ2v) is 12.1. The lowest BCUT2D eigenvalue weighted by Crippen LogP contribution is -2.37. The molecule has 0 radical (unpaired) electrons. The number of phenolic OH excluding ortho intramolecular Hbond substituents is 1. The van der Waals surface area contributed by atoms with Crippen molar-refractivity contribution in [1.29, 1.82) is 0 Å². The number of benzene rings is 2. The van der Waals surface area contributed by atoms with Crippen LogP contribution in [0.4, 0.5) is 0 Å². The Labute approximate surface area is 123 Å². The first-order valence-corrected chi connectivity index (χ1v) is 11.0. The predicted molar refractivity (Wildman–Crippen MR) is 89.7 cm³/mol. The standard InChI is InChI=1S/C16H17NOSSi/c1-20(2,3)11-8-9-13-15(10-11)19-16(17-13)12-6-4-5-7-14(12)18/h4-10,18H,1-3H3. The summed E-state index contributed by atoms with van der Waals surface area (Å²) in [5, 5.41) is 12.3. The van der Waals surface area contributed by atoms with E-state index < -0.39 is 8.07 Å². The van der Waals surface area contributed by atoms with Crippen LogP contribution in [0.2, 0.25) is 19.6 Å². The summed E-state index contributed by atoms with van der Waals surface area (Å²) in [7, 11) is -1.30. The summed E-state index contributed by atoms with van der Waals surface area (Å²) >= 11 is 1.65. The highest BCUT2D eigenvalue weighted by Crippen LogP contribution is 2.34. The van der Waals surface area contributed by atoms with Crippen molar-refractivity contribution in [3.8, 4) is 16.3 Å². The second kappa shape index (κ2) is 4.72. The number of para-hydroxylation sites is 1. The van der Waals surface area contributed by atoms with E-state index in [-0.39, 0.29) is 5.75 Å². The number of fused-ring (bicyclic) bond motifs is 1. The zero-order chi connectivity index (χ0) is 14.3. The van der Waals surface area contributed by atoms with Crippen LogP contribution in [-0.4, -0.2) is 18.2 Å². The Balaban J connectivity index is 2.14. The van der Waals surface area contributed by atoms with Crippen LogP contribution in [0.3, 0.4) is 0 Å². The SMILES string of the molecule is C[Si](C)(C)c1ccc2nc(-c3ccccc3O)sc2c1. The van der Waals surface area contributed by atoms with Crippen molar-refractivity contribution in [2.45, 2.75) is 19.6 Å². The van der Waals surface area contributed by atoms with E-state index in [1.165, 1.54) is 9.89 Å². The fraction of sp³-hybridized carbons (Fsp3) is 0.188. The maximum Gasteiger partial charge on any atom is 0.128 e. The van der Waals surface area contributed by atoms with E-state index in [1.54, 1.807) is 17.4 Å². The Morgan fingerprint density at radius 2 is 1.80 bits per heavy atom.